The monoisotopic (exact) mass is 458 g/mol. The van der Waals surface area contributed by atoms with E-state index in [9.17, 15) is 19.8 Å². The zero-order valence-corrected chi connectivity index (χ0v) is 20.3. The number of Topliss-reactive ketones (excluding diaryl/α,β-unsaturated/α-hetero) is 2. The van der Waals surface area contributed by atoms with Crippen LogP contribution in [0.2, 0.25) is 0 Å². The van der Waals surface area contributed by atoms with Gasteiger partial charge in [-0.1, -0.05) is 29.4 Å². The minimum atomic E-state index is -1.56. The van der Waals surface area contributed by atoms with E-state index in [0.29, 0.717) is 0 Å². The van der Waals surface area contributed by atoms with E-state index in [-0.39, 0.29) is 34.4 Å². The number of phenolic OH excluding ortho intramolecular Hbond substituents is 2. The molecule has 0 radical (unpaired) electrons. The molecule has 32 heavy (non-hydrogen) atoms. The van der Waals surface area contributed by atoms with Gasteiger partial charge in [-0.3, -0.25) is 9.59 Å². The number of alkyl halides is 1. The van der Waals surface area contributed by atoms with Gasteiger partial charge in [-0.05, 0) is 60.5 Å². The first-order valence-corrected chi connectivity index (χ1v) is 11.3. The fraction of sp³-hybridized carbons (Fsp3) is 0.462. The molecule has 2 atom stereocenters. The molecule has 1 heterocycles. The highest BCUT2D eigenvalue weighted by Crippen LogP contribution is 2.49. The molecule has 1 aromatic carbocycles. The lowest BCUT2D eigenvalue weighted by molar-refractivity contribution is -0.103. The number of allylic oxidation sites excluding steroid dienone is 3. The summed E-state index contributed by atoms with van der Waals surface area (Å²) in [6.07, 6.45) is 7.53. The van der Waals surface area contributed by atoms with Gasteiger partial charge in [-0.2, -0.15) is 0 Å². The third-order valence-electron chi connectivity index (χ3n) is 6.29. The van der Waals surface area contributed by atoms with Gasteiger partial charge in [0.05, 0.1) is 16.5 Å². The van der Waals surface area contributed by atoms with Crippen LogP contribution in [0, 0.1) is 6.92 Å². The Labute approximate surface area is 194 Å². The summed E-state index contributed by atoms with van der Waals surface area (Å²) in [6, 6.07) is 1.25. The molecule has 0 bridgehead atoms. The lowest BCUT2D eigenvalue weighted by atomic mass is 9.69. The zero-order chi connectivity index (χ0) is 24.0. The third-order valence-corrected chi connectivity index (χ3v) is 6.94. The largest absolute Gasteiger partial charge is 0.508 e. The number of ether oxygens (including phenoxy) is 1. The van der Waals surface area contributed by atoms with Crippen LogP contribution in [0.15, 0.2) is 41.0 Å². The number of hydrogen-bond acceptors (Lipinski definition) is 5. The highest BCUT2D eigenvalue weighted by atomic mass is 35.5. The third kappa shape index (κ3) is 4.04. The zero-order valence-electron chi connectivity index (χ0n) is 19.5. The molecule has 1 aliphatic heterocycles. The van der Waals surface area contributed by atoms with E-state index >= 15 is 0 Å². The number of benzene rings is 1. The van der Waals surface area contributed by atoms with Crippen LogP contribution in [0.1, 0.15) is 80.2 Å². The Bertz CT molecular complexity index is 1070. The Balaban J connectivity index is 2.14. The molecule has 1 aliphatic carbocycles. The highest BCUT2D eigenvalue weighted by Gasteiger charge is 2.57. The van der Waals surface area contributed by atoms with Crippen LogP contribution >= 0.6 is 11.6 Å². The lowest BCUT2D eigenvalue weighted by Crippen LogP contribution is -2.58. The quantitative estimate of drug-likeness (QED) is 0.420. The summed E-state index contributed by atoms with van der Waals surface area (Å²) in [6.45, 7) is 11.1. The van der Waals surface area contributed by atoms with Crippen molar-refractivity contribution in [2.24, 2.45) is 0 Å². The maximum absolute atomic E-state index is 13.8. The number of phenols is 2. The van der Waals surface area contributed by atoms with E-state index in [2.05, 4.69) is 6.08 Å². The molecule has 3 rings (SSSR count). The fourth-order valence-corrected chi connectivity index (χ4v) is 4.41. The van der Waals surface area contributed by atoms with Gasteiger partial charge in [0.2, 0.25) is 5.78 Å². The Morgan fingerprint density at radius 1 is 1.19 bits per heavy atom. The first-order chi connectivity index (χ1) is 14.8. The second-order valence-electron chi connectivity index (χ2n) is 9.54. The molecule has 0 unspecified atom stereocenters. The number of carbonyl (C=O) groups excluding carboxylic acids is 2. The van der Waals surface area contributed by atoms with Gasteiger partial charge >= 0.3 is 0 Å². The van der Waals surface area contributed by atoms with Crippen LogP contribution in [-0.4, -0.2) is 38.4 Å². The van der Waals surface area contributed by atoms with Crippen molar-refractivity contribution in [2.75, 3.05) is 0 Å². The number of hydrogen-bond donors (Lipinski definition) is 2. The van der Waals surface area contributed by atoms with E-state index < -0.39 is 33.9 Å². The number of fused-ring (bicyclic) bond motifs is 2. The van der Waals surface area contributed by atoms with Crippen molar-refractivity contribution in [3.05, 3.63) is 57.7 Å². The van der Waals surface area contributed by atoms with Crippen molar-refractivity contribution in [1.29, 1.82) is 0 Å². The van der Waals surface area contributed by atoms with Crippen LogP contribution < -0.4 is 0 Å². The Hall–Kier alpha value is -2.37. The lowest BCUT2D eigenvalue weighted by Gasteiger charge is -2.48. The molecule has 5 nitrogen and oxygen atoms in total. The molecule has 0 saturated carbocycles. The molecule has 0 aromatic heterocycles. The van der Waals surface area contributed by atoms with Crippen LogP contribution in [0.4, 0.5) is 0 Å². The molecule has 0 amide bonds. The first-order valence-electron chi connectivity index (χ1n) is 10.8. The van der Waals surface area contributed by atoms with Gasteiger partial charge in [0.25, 0.3) is 0 Å². The summed E-state index contributed by atoms with van der Waals surface area (Å²) in [7, 11) is 0. The normalized spacial score (nSPS) is 24.5. The van der Waals surface area contributed by atoms with Crippen molar-refractivity contribution < 1.29 is 24.5 Å². The van der Waals surface area contributed by atoms with Crippen molar-refractivity contribution in [2.45, 2.75) is 77.4 Å². The molecule has 0 fully saturated rings. The average Bonchev–Trinajstić information content (AvgIpc) is 2.70. The highest BCUT2D eigenvalue weighted by molar-refractivity contribution is 6.30. The minimum Gasteiger partial charge on any atom is -0.508 e. The topological polar surface area (TPSA) is 83.8 Å². The SMILES string of the molecule is CC(C)=CCC/C(C)=C\C[C@@]12OC(C)(C)[C@H](Cl)C=C1C(=O)c1c(cc(O)c(C)c1O)C2=O. The summed E-state index contributed by atoms with van der Waals surface area (Å²) < 4.78 is 6.33. The summed E-state index contributed by atoms with van der Waals surface area (Å²) in [5.74, 6) is -1.60. The number of ketones is 2. The predicted molar refractivity (Wildman–Crippen MR) is 126 cm³/mol. The molecular weight excluding hydrogens is 428 g/mol. The van der Waals surface area contributed by atoms with Crippen molar-refractivity contribution in [1.82, 2.24) is 0 Å². The van der Waals surface area contributed by atoms with Crippen LogP contribution in [0.3, 0.4) is 0 Å². The van der Waals surface area contributed by atoms with Gasteiger partial charge in [0, 0.05) is 23.1 Å². The Morgan fingerprint density at radius 2 is 1.84 bits per heavy atom. The standard InChI is InChI=1S/C26H31ClO5/c1-14(2)8-7-9-15(3)10-11-26-18(13-20(27)25(5,6)32-26)23(30)21-17(24(26)31)12-19(28)16(4)22(21)29/h8,10,12-13,20,28-29H,7,9,11H2,1-6H3/b15-10-/t20-,26-/m1/s1. The van der Waals surface area contributed by atoms with Gasteiger partial charge in [-0.25, -0.2) is 0 Å². The van der Waals surface area contributed by atoms with Crippen LogP contribution in [0.5, 0.6) is 11.5 Å². The predicted octanol–water partition coefficient (Wildman–Crippen LogP) is 5.95. The van der Waals surface area contributed by atoms with E-state index in [0.717, 1.165) is 18.4 Å². The Morgan fingerprint density at radius 3 is 2.47 bits per heavy atom. The maximum Gasteiger partial charge on any atom is 0.200 e. The van der Waals surface area contributed by atoms with Crippen molar-refractivity contribution in [3.8, 4) is 11.5 Å². The number of aromatic hydroxyl groups is 2. The van der Waals surface area contributed by atoms with Gasteiger partial charge in [0.15, 0.2) is 11.4 Å². The summed E-state index contributed by atoms with van der Waals surface area (Å²) in [4.78, 5) is 27.3. The molecular formula is C26H31ClO5. The summed E-state index contributed by atoms with van der Waals surface area (Å²) in [5.41, 5.74) is -0.00794. The smallest absolute Gasteiger partial charge is 0.200 e. The molecule has 2 aliphatic rings. The van der Waals surface area contributed by atoms with Crippen molar-refractivity contribution >= 4 is 23.2 Å². The van der Waals surface area contributed by atoms with E-state index in [4.69, 9.17) is 16.3 Å². The van der Waals surface area contributed by atoms with Gasteiger partial charge in [0.1, 0.15) is 11.5 Å². The van der Waals surface area contributed by atoms with E-state index in [1.165, 1.54) is 18.6 Å². The average molecular weight is 459 g/mol. The molecule has 0 saturated heterocycles. The number of halogens is 1. The maximum atomic E-state index is 13.8. The second kappa shape index (κ2) is 8.53. The molecule has 6 heteroatoms. The molecule has 172 valence electrons. The fourth-order valence-electron chi connectivity index (χ4n) is 4.24. The van der Waals surface area contributed by atoms with Crippen LogP contribution in [-0.2, 0) is 4.74 Å². The number of rotatable bonds is 5. The van der Waals surface area contributed by atoms with Gasteiger partial charge in [-0.15, -0.1) is 11.6 Å². The Kier molecular flexibility index (Phi) is 6.47. The van der Waals surface area contributed by atoms with Crippen LogP contribution in [0.25, 0.3) is 0 Å². The summed E-state index contributed by atoms with van der Waals surface area (Å²) in [5, 5.41) is 20.2. The molecule has 1 aromatic rings. The van der Waals surface area contributed by atoms with E-state index in [1.54, 1.807) is 19.9 Å². The second-order valence-corrected chi connectivity index (χ2v) is 10.0. The first kappa shape index (κ1) is 24.3. The van der Waals surface area contributed by atoms with Gasteiger partial charge < -0.3 is 14.9 Å². The van der Waals surface area contributed by atoms with E-state index in [1.807, 2.05) is 26.8 Å². The summed E-state index contributed by atoms with van der Waals surface area (Å²) >= 11 is 6.50. The van der Waals surface area contributed by atoms with Crippen molar-refractivity contribution in [3.63, 3.8) is 0 Å². The number of carbonyl (C=O) groups is 2. The molecule has 0 spiro atoms. The minimum absolute atomic E-state index is 0.0350. The molecule has 2 N–H and O–H groups in total.